The number of carbonyl (C=O) groups excluding carboxylic acids is 4. The SMILES string of the molecule is COc1cc(C=C[C@H]2C3=CC[C@@H]4C(=O)N(Cc5cccs5)C(=O)[C@@H]4[C@@H]3C[C@H]3C(=O)N(c4cc(-c5sc6ccc(Cl)cc6c5C)nn4C)C(=O)[C@@]23C)cc(OC)c1O. The van der Waals surface area contributed by atoms with Crippen molar-refractivity contribution in [3.8, 4) is 27.8 Å². The van der Waals surface area contributed by atoms with E-state index < -0.39 is 35.0 Å². The molecule has 14 heteroatoms. The van der Waals surface area contributed by atoms with E-state index in [1.54, 1.807) is 41.3 Å². The average Bonchev–Trinajstić information content (AvgIpc) is 4.01. The molecule has 1 saturated carbocycles. The number of benzene rings is 2. The largest absolute Gasteiger partial charge is 0.502 e. The summed E-state index contributed by atoms with van der Waals surface area (Å²) in [6, 6.07) is 14.7. The third kappa shape index (κ3) is 5.60. The summed E-state index contributed by atoms with van der Waals surface area (Å²) in [5, 5.41) is 19.0. The molecule has 0 spiro atoms. The number of ether oxygens (including phenoxy) is 2. The lowest BCUT2D eigenvalue weighted by Crippen LogP contribution is -2.49. The Bertz CT molecular complexity index is 2570. The van der Waals surface area contributed by atoms with Gasteiger partial charge in [-0.15, -0.1) is 22.7 Å². The number of hydrogen-bond donors (Lipinski definition) is 1. The fraction of sp³-hybridized carbons (Fsp3) is 0.326. The first-order valence-corrected chi connectivity index (χ1v) is 20.7. The van der Waals surface area contributed by atoms with Gasteiger partial charge in [-0.25, -0.2) is 4.90 Å². The first-order chi connectivity index (χ1) is 27.3. The Hall–Kier alpha value is -5.24. The lowest BCUT2D eigenvalue weighted by atomic mass is 9.52. The van der Waals surface area contributed by atoms with Gasteiger partial charge in [-0.05, 0) is 90.9 Å². The lowest BCUT2D eigenvalue weighted by Gasteiger charge is -2.47. The van der Waals surface area contributed by atoms with Crippen molar-refractivity contribution in [2.24, 2.45) is 42.1 Å². The third-order valence-corrected chi connectivity index (χ3v) is 14.9. The second-order valence-corrected chi connectivity index (χ2v) is 17.9. The van der Waals surface area contributed by atoms with E-state index in [1.807, 2.05) is 67.8 Å². The van der Waals surface area contributed by atoms with E-state index in [9.17, 15) is 19.5 Å². The molecule has 6 atom stereocenters. The number of phenols is 1. The zero-order valence-electron chi connectivity index (χ0n) is 31.8. The number of phenolic OH excluding ortho intramolecular Hbond substituents is 1. The summed E-state index contributed by atoms with van der Waals surface area (Å²) in [5.74, 6) is -3.61. The van der Waals surface area contributed by atoms with Crippen LogP contribution in [0, 0.1) is 41.9 Å². The number of rotatable bonds is 8. The van der Waals surface area contributed by atoms with Crippen LogP contribution in [0.15, 0.2) is 71.6 Å². The first-order valence-electron chi connectivity index (χ1n) is 18.7. The number of carbonyl (C=O) groups is 4. The number of anilines is 1. The van der Waals surface area contributed by atoms with Crippen LogP contribution in [0.25, 0.3) is 26.7 Å². The molecule has 3 fully saturated rings. The van der Waals surface area contributed by atoms with Gasteiger partial charge in [-0.3, -0.25) is 28.8 Å². The summed E-state index contributed by atoms with van der Waals surface area (Å²) in [6.45, 7) is 4.06. The number of aryl methyl sites for hydroxylation is 2. The van der Waals surface area contributed by atoms with Crippen molar-refractivity contribution in [3.63, 3.8) is 0 Å². The maximum Gasteiger partial charge on any atom is 0.242 e. The van der Waals surface area contributed by atoms with Crippen LogP contribution in [0.5, 0.6) is 17.2 Å². The number of halogens is 1. The van der Waals surface area contributed by atoms with E-state index in [2.05, 4.69) is 0 Å². The fourth-order valence-electron chi connectivity index (χ4n) is 9.65. The Kier molecular flexibility index (Phi) is 8.98. The van der Waals surface area contributed by atoms with E-state index in [4.69, 9.17) is 26.2 Å². The molecule has 292 valence electrons. The topological polar surface area (TPSA) is 131 Å². The molecule has 3 aromatic heterocycles. The maximum absolute atomic E-state index is 15.1. The second kappa shape index (κ2) is 13.7. The van der Waals surface area contributed by atoms with Crippen LogP contribution in [0.2, 0.25) is 5.02 Å². The maximum atomic E-state index is 15.1. The molecule has 0 radical (unpaired) electrons. The highest BCUT2D eigenvalue weighted by atomic mass is 35.5. The fourth-order valence-corrected chi connectivity index (χ4v) is 11.7. The van der Waals surface area contributed by atoms with Crippen LogP contribution >= 0.6 is 34.3 Å². The molecule has 11 nitrogen and oxygen atoms in total. The quantitative estimate of drug-likeness (QED) is 0.123. The molecule has 2 saturated heterocycles. The molecule has 0 bridgehead atoms. The van der Waals surface area contributed by atoms with Crippen molar-refractivity contribution in [2.45, 2.75) is 33.2 Å². The van der Waals surface area contributed by atoms with E-state index in [1.165, 1.54) is 35.4 Å². The minimum absolute atomic E-state index is 0.142. The molecule has 0 unspecified atom stereocenters. The van der Waals surface area contributed by atoms with Gasteiger partial charge in [0.25, 0.3) is 0 Å². The number of allylic oxidation sites excluding steroid dienone is 3. The normalized spacial score (nSPS) is 25.7. The Morgan fingerprint density at radius 1 is 1.02 bits per heavy atom. The van der Waals surface area contributed by atoms with Crippen LogP contribution in [0.4, 0.5) is 5.82 Å². The van der Waals surface area contributed by atoms with E-state index >= 15 is 4.79 Å². The third-order valence-electron chi connectivity index (χ3n) is 12.5. The van der Waals surface area contributed by atoms with E-state index in [0.717, 1.165) is 31.0 Å². The Balaban J connectivity index is 1.13. The number of methoxy groups -OCH3 is 2. The number of likely N-dealkylation sites (tertiary alicyclic amines) is 1. The minimum atomic E-state index is -1.25. The smallest absolute Gasteiger partial charge is 0.242 e. The number of nitrogens with zero attached hydrogens (tertiary/aromatic N) is 4. The van der Waals surface area contributed by atoms with Gasteiger partial charge in [0.15, 0.2) is 11.5 Å². The standard InChI is InChI=1S/C43H39ClN4O7S2/c1-21-27-17-23(44)9-13-34(27)57-38(21)31-19-35(46(3)45-31)48-40(51)30-18-28-25(10-11-26-36(28)41(52)47(39(26)50)20-24-7-6-14-56-24)29(43(30,2)42(48)53)12-8-22-15-32(54-4)37(49)33(16-22)55-5/h6-10,12-17,19,26,28-30,36,49H,11,18,20H2,1-5H3/t26-,28+,29-,30-,36-,43-/m0/s1. The molecule has 5 heterocycles. The van der Waals surface area contributed by atoms with Crippen LogP contribution in [-0.2, 0) is 32.8 Å². The predicted octanol–water partition coefficient (Wildman–Crippen LogP) is 8.02. The van der Waals surface area contributed by atoms with Crippen LogP contribution in [0.3, 0.4) is 0 Å². The predicted molar refractivity (Wildman–Crippen MR) is 219 cm³/mol. The summed E-state index contributed by atoms with van der Waals surface area (Å²) >= 11 is 9.39. The number of aromatic nitrogens is 2. The summed E-state index contributed by atoms with van der Waals surface area (Å²) in [7, 11) is 4.62. The first kappa shape index (κ1) is 37.3. The van der Waals surface area contributed by atoms with E-state index in [-0.39, 0.29) is 53.8 Å². The molecule has 2 aliphatic carbocycles. The van der Waals surface area contributed by atoms with Crippen molar-refractivity contribution >= 4 is 79.9 Å². The van der Waals surface area contributed by atoms with Gasteiger partial charge < -0.3 is 14.6 Å². The van der Waals surface area contributed by atoms with E-state index in [0.29, 0.717) is 28.5 Å². The van der Waals surface area contributed by atoms with Crippen molar-refractivity contribution in [1.29, 1.82) is 0 Å². The highest BCUT2D eigenvalue weighted by Gasteiger charge is 2.67. The Morgan fingerprint density at radius 2 is 1.77 bits per heavy atom. The monoisotopic (exact) mass is 822 g/mol. The summed E-state index contributed by atoms with van der Waals surface area (Å²) in [4.78, 5) is 62.7. The molecule has 57 heavy (non-hydrogen) atoms. The van der Waals surface area contributed by atoms with Gasteiger partial charge in [0.2, 0.25) is 29.4 Å². The highest BCUT2D eigenvalue weighted by molar-refractivity contribution is 7.22. The van der Waals surface area contributed by atoms with Gasteiger partial charge >= 0.3 is 0 Å². The van der Waals surface area contributed by atoms with Crippen molar-refractivity contribution in [3.05, 3.63) is 92.7 Å². The molecule has 1 N–H and O–H groups in total. The molecule has 4 aliphatic rings. The number of imide groups is 2. The van der Waals surface area contributed by atoms with Gasteiger partial charge in [-0.2, -0.15) is 5.10 Å². The van der Waals surface area contributed by atoms with Gasteiger partial charge in [0.05, 0.1) is 48.8 Å². The van der Waals surface area contributed by atoms with Gasteiger partial charge in [0.1, 0.15) is 11.5 Å². The number of thiophene rings is 2. The van der Waals surface area contributed by atoms with Crippen LogP contribution in [0.1, 0.15) is 35.8 Å². The van der Waals surface area contributed by atoms with Gasteiger partial charge in [-0.1, -0.05) is 41.5 Å². The molecule has 5 aromatic rings. The van der Waals surface area contributed by atoms with Crippen molar-refractivity contribution in [2.75, 3.05) is 19.1 Å². The number of aromatic hydroxyl groups is 1. The van der Waals surface area contributed by atoms with Crippen molar-refractivity contribution in [1.82, 2.24) is 14.7 Å². The zero-order chi connectivity index (χ0) is 40.1. The molecule has 4 amide bonds. The lowest BCUT2D eigenvalue weighted by molar-refractivity contribution is -0.141. The summed E-state index contributed by atoms with van der Waals surface area (Å²) in [6.07, 6.45) is 6.36. The molecular formula is C43H39ClN4O7S2. The molecule has 9 rings (SSSR count). The van der Waals surface area contributed by atoms with Crippen molar-refractivity contribution < 1.29 is 33.8 Å². The molecular weight excluding hydrogens is 784 g/mol. The van der Waals surface area contributed by atoms with Crippen LogP contribution in [-0.4, -0.2) is 57.6 Å². The van der Waals surface area contributed by atoms with Crippen LogP contribution < -0.4 is 14.4 Å². The Morgan fingerprint density at radius 3 is 2.47 bits per heavy atom. The minimum Gasteiger partial charge on any atom is -0.502 e. The molecule has 2 aromatic carbocycles. The summed E-state index contributed by atoms with van der Waals surface area (Å²) < 4.78 is 13.5. The Labute approximate surface area is 341 Å². The summed E-state index contributed by atoms with van der Waals surface area (Å²) in [5.41, 5.74) is 1.90. The molecule has 2 aliphatic heterocycles. The highest BCUT2D eigenvalue weighted by Crippen LogP contribution is 2.61. The zero-order valence-corrected chi connectivity index (χ0v) is 34.2. The number of hydrogen-bond acceptors (Lipinski definition) is 10. The number of fused-ring (bicyclic) bond motifs is 5. The van der Waals surface area contributed by atoms with Gasteiger partial charge in [0, 0.05) is 33.6 Å². The second-order valence-electron chi connectivity index (χ2n) is 15.4. The number of amides is 4. The average molecular weight is 823 g/mol.